The smallest absolute Gasteiger partial charge is 0.00986 e. The van der Waals surface area contributed by atoms with Crippen molar-refractivity contribution >= 4 is 11.3 Å². The molecule has 1 saturated carbocycles. The Bertz CT molecular complexity index is 312. The summed E-state index contributed by atoms with van der Waals surface area (Å²) in [5.41, 5.74) is 0. The minimum Gasteiger partial charge on any atom is -0.314 e. The zero-order chi connectivity index (χ0) is 13.3. The summed E-state index contributed by atoms with van der Waals surface area (Å²) in [6.45, 7) is 3.37. The van der Waals surface area contributed by atoms with Crippen molar-refractivity contribution < 1.29 is 0 Å². The van der Waals surface area contributed by atoms with Gasteiger partial charge in [0.25, 0.3) is 0 Å². The average molecular weight is 279 g/mol. The van der Waals surface area contributed by atoms with E-state index in [0.29, 0.717) is 0 Å². The van der Waals surface area contributed by atoms with Crippen LogP contribution in [0.4, 0.5) is 0 Å². The van der Waals surface area contributed by atoms with E-state index in [1.807, 2.05) is 11.3 Å². The number of rotatable bonds is 6. The third-order valence-electron chi connectivity index (χ3n) is 4.47. The van der Waals surface area contributed by atoms with Crippen LogP contribution in [-0.2, 0) is 6.42 Å². The van der Waals surface area contributed by atoms with E-state index in [0.717, 1.165) is 18.5 Å². The highest BCUT2D eigenvalue weighted by atomic mass is 32.1. The van der Waals surface area contributed by atoms with Crippen molar-refractivity contribution in [2.75, 3.05) is 6.54 Å². The third-order valence-corrected chi connectivity index (χ3v) is 5.40. The molecule has 1 aromatic heterocycles. The molecule has 0 aromatic carbocycles. The molecule has 0 saturated heterocycles. The Morgan fingerprint density at radius 1 is 1.21 bits per heavy atom. The Morgan fingerprint density at radius 3 is 2.58 bits per heavy atom. The topological polar surface area (TPSA) is 12.0 Å². The number of thiophene rings is 1. The maximum Gasteiger partial charge on any atom is 0.00986 e. The lowest BCUT2D eigenvalue weighted by atomic mass is 9.84. The van der Waals surface area contributed by atoms with Crippen LogP contribution in [0.2, 0.25) is 0 Å². The van der Waals surface area contributed by atoms with Crippen molar-refractivity contribution in [3.05, 3.63) is 22.4 Å². The first-order chi connectivity index (χ1) is 9.40. The molecule has 2 heteroatoms. The second kappa shape index (κ2) is 8.76. The average Bonchev–Trinajstić information content (AvgIpc) is 2.88. The van der Waals surface area contributed by atoms with Gasteiger partial charge in [-0.1, -0.05) is 45.1 Å². The van der Waals surface area contributed by atoms with E-state index in [9.17, 15) is 0 Å². The summed E-state index contributed by atoms with van der Waals surface area (Å²) in [7, 11) is 0. The van der Waals surface area contributed by atoms with Crippen LogP contribution in [0.5, 0.6) is 0 Å². The molecule has 1 aliphatic carbocycles. The van der Waals surface area contributed by atoms with Crippen molar-refractivity contribution in [2.45, 2.75) is 70.8 Å². The number of hydrogen-bond acceptors (Lipinski definition) is 2. The molecule has 1 aliphatic rings. The van der Waals surface area contributed by atoms with Crippen LogP contribution in [-0.4, -0.2) is 12.6 Å². The van der Waals surface area contributed by atoms with Gasteiger partial charge in [-0.15, -0.1) is 11.3 Å². The van der Waals surface area contributed by atoms with Crippen molar-refractivity contribution in [3.8, 4) is 0 Å². The molecule has 0 bridgehead atoms. The monoisotopic (exact) mass is 279 g/mol. The zero-order valence-electron chi connectivity index (χ0n) is 12.4. The van der Waals surface area contributed by atoms with Gasteiger partial charge in [-0.25, -0.2) is 0 Å². The van der Waals surface area contributed by atoms with Crippen LogP contribution < -0.4 is 5.32 Å². The zero-order valence-corrected chi connectivity index (χ0v) is 13.2. The molecule has 2 rings (SSSR count). The van der Waals surface area contributed by atoms with E-state index in [1.165, 1.54) is 57.8 Å². The first-order valence-corrected chi connectivity index (χ1v) is 9.04. The van der Waals surface area contributed by atoms with Crippen LogP contribution in [0.15, 0.2) is 17.5 Å². The van der Waals surface area contributed by atoms with Gasteiger partial charge in [0.15, 0.2) is 0 Å². The second-order valence-corrected chi connectivity index (χ2v) is 6.92. The molecular weight excluding hydrogens is 250 g/mol. The lowest BCUT2D eigenvalue weighted by Crippen LogP contribution is -2.37. The first-order valence-electron chi connectivity index (χ1n) is 8.16. The molecule has 0 radical (unpaired) electrons. The van der Waals surface area contributed by atoms with Crippen molar-refractivity contribution in [1.29, 1.82) is 0 Å². The van der Waals surface area contributed by atoms with Gasteiger partial charge in [0, 0.05) is 10.9 Å². The Labute approximate surface area is 122 Å². The molecule has 0 spiro atoms. The molecule has 0 aliphatic heterocycles. The molecule has 0 amide bonds. The Morgan fingerprint density at radius 2 is 1.95 bits per heavy atom. The molecule has 1 atom stereocenters. The number of aryl methyl sites for hydroxylation is 1. The fraction of sp³-hybridized carbons (Fsp3) is 0.765. The highest BCUT2D eigenvalue weighted by Crippen LogP contribution is 2.27. The molecule has 1 aromatic rings. The lowest BCUT2D eigenvalue weighted by molar-refractivity contribution is 0.277. The fourth-order valence-electron chi connectivity index (χ4n) is 3.41. The van der Waals surface area contributed by atoms with Crippen molar-refractivity contribution in [1.82, 2.24) is 5.32 Å². The van der Waals surface area contributed by atoms with Gasteiger partial charge in [-0.2, -0.15) is 0 Å². The van der Waals surface area contributed by atoms with Crippen LogP contribution in [0.3, 0.4) is 0 Å². The predicted octanol–water partition coefficient (Wildman–Crippen LogP) is 5.02. The summed E-state index contributed by atoms with van der Waals surface area (Å²) in [4.78, 5) is 1.55. The first kappa shape index (κ1) is 15.1. The quantitative estimate of drug-likeness (QED) is 0.771. The summed E-state index contributed by atoms with van der Waals surface area (Å²) < 4.78 is 0. The van der Waals surface area contributed by atoms with Crippen LogP contribution in [0, 0.1) is 5.92 Å². The van der Waals surface area contributed by atoms with Gasteiger partial charge in [0.05, 0.1) is 0 Å². The number of nitrogens with one attached hydrogen (secondary N) is 1. The fourth-order valence-corrected chi connectivity index (χ4v) is 4.13. The molecule has 1 fully saturated rings. The van der Waals surface area contributed by atoms with Gasteiger partial charge in [-0.3, -0.25) is 0 Å². The van der Waals surface area contributed by atoms with Crippen molar-refractivity contribution in [2.24, 2.45) is 5.92 Å². The summed E-state index contributed by atoms with van der Waals surface area (Å²) >= 11 is 1.91. The predicted molar refractivity (Wildman–Crippen MR) is 85.9 cm³/mol. The summed E-state index contributed by atoms with van der Waals surface area (Å²) in [5.74, 6) is 0.917. The van der Waals surface area contributed by atoms with E-state index < -0.39 is 0 Å². The minimum atomic E-state index is 0.741. The molecule has 1 nitrogen and oxygen atoms in total. The van der Waals surface area contributed by atoms with E-state index in [1.54, 1.807) is 4.88 Å². The highest BCUT2D eigenvalue weighted by molar-refractivity contribution is 7.09. The maximum absolute atomic E-state index is 3.77. The Hall–Kier alpha value is -0.340. The van der Waals surface area contributed by atoms with E-state index >= 15 is 0 Å². The van der Waals surface area contributed by atoms with Crippen molar-refractivity contribution in [3.63, 3.8) is 0 Å². The minimum absolute atomic E-state index is 0.741. The molecular formula is C17H29NS. The number of hydrogen-bond donors (Lipinski definition) is 1. The van der Waals surface area contributed by atoms with E-state index in [4.69, 9.17) is 0 Å². The van der Waals surface area contributed by atoms with E-state index in [2.05, 4.69) is 29.8 Å². The standard InChI is InChI=1S/C17H29NS/c1-2-18-17(13-12-16-11-8-14-19-16)15-9-6-4-3-5-7-10-15/h8,11,14-15,17-18H,2-7,9-10,12-13H2,1H3. The van der Waals surface area contributed by atoms with E-state index in [-0.39, 0.29) is 0 Å². The Balaban J connectivity index is 1.85. The normalized spacial score (nSPS) is 19.8. The van der Waals surface area contributed by atoms with Crippen LogP contribution in [0.25, 0.3) is 0 Å². The molecule has 19 heavy (non-hydrogen) atoms. The largest absolute Gasteiger partial charge is 0.314 e. The van der Waals surface area contributed by atoms with Gasteiger partial charge < -0.3 is 5.32 Å². The summed E-state index contributed by atoms with van der Waals surface area (Å²) in [6, 6.07) is 5.20. The maximum atomic E-state index is 3.77. The summed E-state index contributed by atoms with van der Waals surface area (Å²) in [6.07, 6.45) is 12.8. The molecule has 108 valence electrons. The van der Waals surface area contributed by atoms with Gasteiger partial charge >= 0.3 is 0 Å². The molecule has 1 N–H and O–H groups in total. The highest BCUT2D eigenvalue weighted by Gasteiger charge is 2.21. The van der Waals surface area contributed by atoms with Crippen LogP contribution in [0.1, 0.15) is 63.2 Å². The SMILES string of the molecule is CCNC(CCc1cccs1)C1CCCCCCC1. The lowest BCUT2D eigenvalue weighted by Gasteiger charge is -2.29. The molecule has 1 unspecified atom stereocenters. The van der Waals surface area contributed by atoms with Gasteiger partial charge in [0.1, 0.15) is 0 Å². The van der Waals surface area contributed by atoms with Gasteiger partial charge in [-0.05, 0) is 49.6 Å². The molecule has 1 heterocycles. The second-order valence-electron chi connectivity index (χ2n) is 5.89. The third kappa shape index (κ3) is 5.27. The van der Waals surface area contributed by atoms with Crippen LogP contribution >= 0.6 is 11.3 Å². The Kier molecular flexibility index (Phi) is 6.94. The summed E-state index contributed by atoms with van der Waals surface area (Å²) in [5, 5.41) is 5.97. The van der Waals surface area contributed by atoms with Gasteiger partial charge in [0.2, 0.25) is 0 Å².